The van der Waals surface area contributed by atoms with Crippen LogP contribution in [0.15, 0.2) is 24.3 Å². The molecule has 18 heavy (non-hydrogen) atoms. The van der Waals surface area contributed by atoms with E-state index in [-0.39, 0.29) is 6.10 Å². The van der Waals surface area contributed by atoms with E-state index in [1.165, 1.54) is 18.6 Å². The molecule has 0 aliphatic heterocycles. The molecule has 1 aliphatic rings. The molecule has 0 amide bonds. The molecule has 100 valence electrons. The van der Waals surface area contributed by atoms with E-state index in [1.807, 2.05) is 0 Å². The molecule has 0 spiro atoms. The van der Waals surface area contributed by atoms with Crippen LogP contribution in [0, 0.1) is 5.92 Å². The lowest BCUT2D eigenvalue weighted by Crippen LogP contribution is -2.33. The standard InChI is InChI=1S/C13H17BF3O/c1-10-3-2-4-13(9-10)18-12-7-5-11(6-8-12)14(15,16)17/h5-8,10,13H,2-4,9H2,1H3/q-1. The number of halogens is 3. The summed E-state index contributed by atoms with van der Waals surface area (Å²) in [6.45, 7) is -2.72. The van der Waals surface area contributed by atoms with Gasteiger partial charge in [-0.25, -0.2) is 0 Å². The first-order valence-corrected chi connectivity index (χ1v) is 6.41. The Morgan fingerprint density at radius 2 is 1.78 bits per heavy atom. The summed E-state index contributed by atoms with van der Waals surface area (Å²) in [5.41, 5.74) is -0.570. The maximum absolute atomic E-state index is 12.5. The smallest absolute Gasteiger partial charge is 0.490 e. The first kappa shape index (κ1) is 13.3. The highest BCUT2D eigenvalue weighted by Crippen LogP contribution is 2.27. The largest absolute Gasteiger partial charge is 0.509 e. The van der Waals surface area contributed by atoms with Gasteiger partial charge in [0.2, 0.25) is 0 Å². The van der Waals surface area contributed by atoms with Crippen LogP contribution in [0.5, 0.6) is 5.75 Å². The third kappa shape index (κ3) is 3.43. The Morgan fingerprint density at radius 1 is 1.11 bits per heavy atom. The molecular formula is C13H17BF3O-. The van der Waals surface area contributed by atoms with Gasteiger partial charge in [-0.1, -0.05) is 25.5 Å². The summed E-state index contributed by atoms with van der Waals surface area (Å²) in [5.74, 6) is 1.18. The van der Waals surface area contributed by atoms with Crippen molar-refractivity contribution < 1.29 is 17.7 Å². The molecule has 0 saturated heterocycles. The van der Waals surface area contributed by atoms with Crippen LogP contribution in [-0.2, 0) is 0 Å². The summed E-state index contributed by atoms with van der Waals surface area (Å²) in [5, 5.41) is 0. The lowest BCUT2D eigenvalue weighted by atomic mass is 9.80. The van der Waals surface area contributed by atoms with Crippen molar-refractivity contribution in [2.24, 2.45) is 5.92 Å². The summed E-state index contributed by atoms with van der Waals surface area (Å²) in [6, 6.07) is 5.04. The average Bonchev–Trinajstić information content (AvgIpc) is 2.28. The Hall–Kier alpha value is -1.13. The van der Waals surface area contributed by atoms with E-state index in [9.17, 15) is 12.9 Å². The molecule has 1 nitrogen and oxygen atoms in total. The fraction of sp³-hybridized carbons (Fsp3) is 0.538. The molecule has 2 rings (SSSR count). The van der Waals surface area contributed by atoms with Crippen LogP contribution >= 0.6 is 0 Å². The molecule has 0 bridgehead atoms. The number of rotatable bonds is 3. The highest BCUT2D eigenvalue weighted by Gasteiger charge is 2.25. The molecular weight excluding hydrogens is 240 g/mol. The summed E-state index contributed by atoms with van der Waals surface area (Å²) < 4.78 is 43.1. The summed E-state index contributed by atoms with van der Waals surface area (Å²) in [6.07, 6.45) is 4.49. The Kier molecular flexibility index (Phi) is 3.88. The van der Waals surface area contributed by atoms with Crippen LogP contribution in [-0.4, -0.2) is 13.1 Å². The predicted molar refractivity (Wildman–Crippen MR) is 67.2 cm³/mol. The van der Waals surface area contributed by atoms with E-state index in [0.29, 0.717) is 11.7 Å². The Morgan fingerprint density at radius 3 is 2.33 bits per heavy atom. The van der Waals surface area contributed by atoms with Crippen LogP contribution in [0.25, 0.3) is 0 Å². The topological polar surface area (TPSA) is 9.23 Å². The number of hydrogen-bond donors (Lipinski definition) is 0. The molecule has 2 atom stereocenters. The number of ether oxygens (including phenoxy) is 1. The van der Waals surface area contributed by atoms with Gasteiger partial charge in [-0.05, 0) is 37.3 Å². The molecule has 1 aliphatic carbocycles. The monoisotopic (exact) mass is 257 g/mol. The minimum Gasteiger partial charge on any atom is -0.490 e. The fourth-order valence-electron chi connectivity index (χ4n) is 2.44. The van der Waals surface area contributed by atoms with Gasteiger partial charge in [-0.3, -0.25) is 0 Å². The maximum Gasteiger partial charge on any atom is 0.509 e. The Labute approximate surface area is 105 Å². The van der Waals surface area contributed by atoms with E-state index < -0.39 is 12.4 Å². The van der Waals surface area contributed by atoms with Crippen molar-refractivity contribution in [1.29, 1.82) is 0 Å². The lowest BCUT2D eigenvalue weighted by Gasteiger charge is -2.27. The normalized spacial score (nSPS) is 24.9. The third-order valence-electron chi connectivity index (χ3n) is 3.45. The lowest BCUT2D eigenvalue weighted by molar-refractivity contribution is 0.129. The highest BCUT2D eigenvalue weighted by atomic mass is 19.4. The zero-order valence-electron chi connectivity index (χ0n) is 10.4. The SMILES string of the molecule is CC1CCCC(Oc2ccc([B-](F)(F)F)cc2)C1. The minimum absolute atomic E-state index is 0.149. The van der Waals surface area contributed by atoms with Gasteiger partial charge in [-0.15, -0.1) is 5.46 Å². The molecule has 0 heterocycles. The second-order valence-corrected chi connectivity index (χ2v) is 5.16. The zero-order valence-corrected chi connectivity index (χ0v) is 10.4. The molecule has 1 aromatic rings. The first-order chi connectivity index (χ1) is 8.45. The van der Waals surface area contributed by atoms with Crippen molar-refractivity contribution in [1.82, 2.24) is 0 Å². The van der Waals surface area contributed by atoms with Gasteiger partial charge in [-0.2, -0.15) is 0 Å². The van der Waals surface area contributed by atoms with Gasteiger partial charge in [0.15, 0.2) is 0 Å². The van der Waals surface area contributed by atoms with Crippen molar-refractivity contribution in [3.63, 3.8) is 0 Å². The van der Waals surface area contributed by atoms with Gasteiger partial charge in [0.25, 0.3) is 0 Å². The maximum atomic E-state index is 12.5. The van der Waals surface area contributed by atoms with E-state index >= 15 is 0 Å². The van der Waals surface area contributed by atoms with Crippen LogP contribution in [0.4, 0.5) is 12.9 Å². The fourth-order valence-corrected chi connectivity index (χ4v) is 2.44. The highest BCUT2D eigenvalue weighted by molar-refractivity contribution is 6.73. The molecule has 0 N–H and O–H groups in total. The van der Waals surface area contributed by atoms with E-state index in [2.05, 4.69) is 6.92 Å². The molecule has 1 fully saturated rings. The van der Waals surface area contributed by atoms with Crippen molar-refractivity contribution in [2.75, 3.05) is 0 Å². The number of benzene rings is 1. The van der Waals surface area contributed by atoms with Crippen molar-refractivity contribution in [3.8, 4) is 5.75 Å². The summed E-state index contributed by atoms with van der Waals surface area (Å²) in [7, 11) is 0. The van der Waals surface area contributed by atoms with Crippen molar-refractivity contribution in [3.05, 3.63) is 24.3 Å². The zero-order chi connectivity index (χ0) is 13.2. The van der Waals surface area contributed by atoms with Crippen molar-refractivity contribution >= 4 is 12.4 Å². The first-order valence-electron chi connectivity index (χ1n) is 6.41. The Bertz CT molecular complexity index is 388. The predicted octanol–water partition coefficient (Wildman–Crippen LogP) is 3.70. The van der Waals surface area contributed by atoms with E-state index in [0.717, 1.165) is 31.4 Å². The minimum atomic E-state index is -4.91. The molecule has 0 aromatic heterocycles. The van der Waals surface area contributed by atoms with E-state index in [1.54, 1.807) is 0 Å². The summed E-state index contributed by atoms with van der Waals surface area (Å²) >= 11 is 0. The molecule has 2 unspecified atom stereocenters. The van der Waals surface area contributed by atoms with Gasteiger partial charge < -0.3 is 17.7 Å². The molecule has 1 aromatic carbocycles. The van der Waals surface area contributed by atoms with Crippen LogP contribution in [0.1, 0.15) is 32.6 Å². The second-order valence-electron chi connectivity index (χ2n) is 5.16. The Balaban J connectivity index is 1.98. The quantitative estimate of drug-likeness (QED) is 0.750. The average molecular weight is 257 g/mol. The second kappa shape index (κ2) is 5.25. The molecule has 1 saturated carbocycles. The van der Waals surface area contributed by atoms with Crippen LogP contribution in [0.3, 0.4) is 0 Å². The van der Waals surface area contributed by atoms with Crippen LogP contribution < -0.4 is 10.2 Å². The van der Waals surface area contributed by atoms with Gasteiger partial charge >= 0.3 is 6.98 Å². The van der Waals surface area contributed by atoms with Crippen molar-refractivity contribution in [2.45, 2.75) is 38.7 Å². The van der Waals surface area contributed by atoms with Gasteiger partial charge in [0.1, 0.15) is 5.75 Å². The third-order valence-corrected chi connectivity index (χ3v) is 3.45. The summed E-state index contributed by atoms with van der Waals surface area (Å²) in [4.78, 5) is 0. The van der Waals surface area contributed by atoms with Gasteiger partial charge in [0.05, 0.1) is 6.10 Å². The van der Waals surface area contributed by atoms with Gasteiger partial charge in [0, 0.05) is 0 Å². The van der Waals surface area contributed by atoms with Crippen LogP contribution in [0.2, 0.25) is 0 Å². The molecule has 0 radical (unpaired) electrons. The van der Waals surface area contributed by atoms with E-state index in [4.69, 9.17) is 4.74 Å². The molecule has 5 heteroatoms. The number of hydrogen-bond acceptors (Lipinski definition) is 1.